The van der Waals surface area contributed by atoms with Crippen LogP contribution in [0.4, 0.5) is 0 Å². The van der Waals surface area contributed by atoms with Crippen LogP contribution in [0.2, 0.25) is 0 Å². The summed E-state index contributed by atoms with van der Waals surface area (Å²) in [4.78, 5) is 19.2. The first-order valence-electron chi connectivity index (χ1n) is 3.70. The van der Waals surface area contributed by atoms with E-state index in [9.17, 15) is 19.8 Å². The molecule has 0 N–H and O–H groups in total. The molecule has 0 spiro atoms. The van der Waals surface area contributed by atoms with E-state index in [1.54, 1.807) is 27.7 Å². The minimum atomic E-state index is -0.991. The van der Waals surface area contributed by atoms with Gasteiger partial charge in [-0.25, -0.2) is 0 Å². The average molecular weight is 312 g/mol. The van der Waals surface area contributed by atoms with E-state index in [-0.39, 0.29) is 60.7 Å². The molecule has 0 aliphatic heterocycles. The van der Waals surface area contributed by atoms with Crippen molar-refractivity contribution in [1.82, 2.24) is 0 Å². The molecule has 0 aromatic heterocycles. The average Bonchev–Trinajstić information content (AvgIpc) is 1.88. The molecule has 5 heteroatoms. The van der Waals surface area contributed by atoms with Crippen LogP contribution in [0.15, 0.2) is 0 Å². The maximum atomic E-state index is 9.59. The molecule has 0 fully saturated rings. The van der Waals surface area contributed by atoms with Crippen LogP contribution in [-0.2, 0) is 9.59 Å². The molecule has 0 aromatic carbocycles. The van der Waals surface area contributed by atoms with Crippen LogP contribution in [-0.4, -0.2) is 60.8 Å². The quantitative estimate of drug-likeness (QED) is 0.576. The van der Waals surface area contributed by atoms with E-state index in [1.807, 2.05) is 0 Å². The first kappa shape index (κ1) is 19.1. The normalized spacial score (nSPS) is 8.46. The Bertz CT molecular complexity index is 136. The van der Waals surface area contributed by atoms with E-state index < -0.39 is 11.9 Å². The van der Waals surface area contributed by atoms with Crippen LogP contribution in [0.1, 0.15) is 27.7 Å². The van der Waals surface area contributed by atoms with Gasteiger partial charge in [0, 0.05) is 11.9 Å². The van der Waals surface area contributed by atoms with Crippen molar-refractivity contribution < 1.29 is 19.8 Å². The van der Waals surface area contributed by atoms with E-state index in [2.05, 4.69) is 0 Å². The largest absolute Gasteiger partial charge is 2.00 e. The Kier molecular flexibility index (Phi) is 15.6. The fourth-order valence-electron chi connectivity index (χ4n) is 0. The topological polar surface area (TPSA) is 80.3 Å². The Labute approximate surface area is 119 Å². The molecule has 0 aliphatic carbocycles. The van der Waals surface area contributed by atoms with Crippen LogP contribution in [0.5, 0.6) is 0 Å². The van der Waals surface area contributed by atoms with Crippen molar-refractivity contribution in [2.24, 2.45) is 11.8 Å². The summed E-state index contributed by atoms with van der Waals surface area (Å²) >= 11 is 0. The number of hydrogen-bond donors (Lipinski definition) is 0. The van der Waals surface area contributed by atoms with E-state index in [0.717, 1.165) is 0 Å². The smallest absolute Gasteiger partial charge is 0.550 e. The minimum Gasteiger partial charge on any atom is -0.550 e. The van der Waals surface area contributed by atoms with Gasteiger partial charge in [-0.05, 0) is 11.8 Å². The molecular weight excluding hydrogens is 297 g/mol. The van der Waals surface area contributed by atoms with Crippen LogP contribution in [0, 0.1) is 11.8 Å². The Hall–Kier alpha value is 0.511. The maximum absolute atomic E-state index is 9.59. The summed E-state index contributed by atoms with van der Waals surface area (Å²) in [5.74, 6) is -2.67. The first-order chi connectivity index (χ1) is 5.29. The molecule has 0 aromatic rings. The predicted octanol–water partition coefficient (Wildman–Crippen LogP) is -1.60. The number of rotatable bonds is 2. The first-order valence-corrected chi connectivity index (χ1v) is 3.70. The standard InChI is InChI=1S/2C4H8O2.Ba/c2*1-3(2)4(5)6;/h2*3H,1-2H3,(H,5,6);/q;;+2/p-2. The summed E-state index contributed by atoms with van der Waals surface area (Å²) in [5.41, 5.74) is 0. The molecule has 72 valence electrons. The molecule has 4 nitrogen and oxygen atoms in total. The molecular formula is C8H14BaO4. The van der Waals surface area contributed by atoms with Crippen molar-refractivity contribution in [3.63, 3.8) is 0 Å². The molecule has 0 saturated carbocycles. The zero-order valence-corrected chi connectivity index (χ0v) is 12.9. The number of hydrogen-bond acceptors (Lipinski definition) is 4. The van der Waals surface area contributed by atoms with Gasteiger partial charge in [0.15, 0.2) is 0 Å². The molecule has 0 amide bonds. The maximum Gasteiger partial charge on any atom is 2.00 e. The minimum absolute atomic E-state index is 0. The van der Waals surface area contributed by atoms with Crippen molar-refractivity contribution in [3.8, 4) is 0 Å². The number of carbonyl (C=O) groups is 2. The third-order valence-electron chi connectivity index (χ3n) is 0.943. The van der Waals surface area contributed by atoms with E-state index >= 15 is 0 Å². The second kappa shape index (κ2) is 10.6. The van der Waals surface area contributed by atoms with Crippen LogP contribution < -0.4 is 10.2 Å². The van der Waals surface area contributed by atoms with Gasteiger partial charge in [-0.2, -0.15) is 0 Å². The summed E-state index contributed by atoms with van der Waals surface area (Å²) in [6, 6.07) is 0. The number of carboxylic acids is 2. The molecule has 0 aliphatic rings. The SMILES string of the molecule is CC(C)C(=O)[O-].CC(C)C(=O)[O-].[Ba+2]. The Morgan fingerprint density at radius 2 is 0.923 bits per heavy atom. The van der Waals surface area contributed by atoms with Gasteiger partial charge in [0.05, 0.1) is 0 Å². The fourth-order valence-corrected chi connectivity index (χ4v) is 0. The monoisotopic (exact) mass is 312 g/mol. The van der Waals surface area contributed by atoms with Gasteiger partial charge in [-0.15, -0.1) is 0 Å². The second-order valence-electron chi connectivity index (χ2n) is 2.95. The van der Waals surface area contributed by atoms with Gasteiger partial charge in [0.2, 0.25) is 0 Å². The van der Waals surface area contributed by atoms with E-state index in [0.29, 0.717) is 0 Å². The van der Waals surface area contributed by atoms with Crippen LogP contribution >= 0.6 is 0 Å². The van der Waals surface area contributed by atoms with Gasteiger partial charge >= 0.3 is 48.9 Å². The van der Waals surface area contributed by atoms with E-state index in [4.69, 9.17) is 0 Å². The number of carboxylic acid groups (broad SMARTS) is 2. The molecule has 0 heterocycles. The Morgan fingerprint density at radius 1 is 0.846 bits per heavy atom. The zero-order valence-electron chi connectivity index (χ0n) is 8.49. The summed E-state index contributed by atoms with van der Waals surface area (Å²) in [6.45, 7) is 6.31. The second-order valence-corrected chi connectivity index (χ2v) is 2.95. The van der Waals surface area contributed by atoms with Gasteiger partial charge in [-0.1, -0.05) is 27.7 Å². The van der Waals surface area contributed by atoms with Gasteiger partial charge < -0.3 is 19.8 Å². The van der Waals surface area contributed by atoms with Crippen LogP contribution in [0.3, 0.4) is 0 Å². The summed E-state index contributed by atoms with van der Waals surface area (Å²) in [7, 11) is 0. The number of aliphatic carboxylic acids is 2. The van der Waals surface area contributed by atoms with Gasteiger partial charge in [-0.3, -0.25) is 0 Å². The summed E-state index contributed by atoms with van der Waals surface area (Å²) < 4.78 is 0. The van der Waals surface area contributed by atoms with Crippen molar-refractivity contribution in [2.75, 3.05) is 0 Å². The van der Waals surface area contributed by atoms with Gasteiger partial charge in [0.1, 0.15) is 0 Å². The Morgan fingerprint density at radius 3 is 0.923 bits per heavy atom. The van der Waals surface area contributed by atoms with Crippen molar-refractivity contribution in [3.05, 3.63) is 0 Å². The Balaban J connectivity index is -0.000000143. The molecule has 0 bridgehead atoms. The molecule has 0 rings (SSSR count). The van der Waals surface area contributed by atoms with Crippen LogP contribution in [0.25, 0.3) is 0 Å². The molecule has 0 radical (unpaired) electrons. The van der Waals surface area contributed by atoms with E-state index in [1.165, 1.54) is 0 Å². The van der Waals surface area contributed by atoms with Gasteiger partial charge in [0.25, 0.3) is 0 Å². The molecule has 0 atom stereocenters. The molecule has 0 saturated heterocycles. The molecule has 13 heavy (non-hydrogen) atoms. The zero-order chi connectivity index (χ0) is 10.3. The molecule has 0 unspecified atom stereocenters. The van der Waals surface area contributed by atoms with Crippen molar-refractivity contribution in [2.45, 2.75) is 27.7 Å². The number of carbonyl (C=O) groups excluding carboxylic acids is 2. The third kappa shape index (κ3) is 19.1. The fraction of sp³-hybridized carbons (Fsp3) is 0.750. The third-order valence-corrected chi connectivity index (χ3v) is 0.943. The predicted molar refractivity (Wildman–Crippen MR) is 45.4 cm³/mol. The summed E-state index contributed by atoms with van der Waals surface area (Å²) in [6.07, 6.45) is 0. The summed E-state index contributed by atoms with van der Waals surface area (Å²) in [5, 5.41) is 19.2. The van der Waals surface area contributed by atoms with Crippen molar-refractivity contribution in [1.29, 1.82) is 0 Å². The van der Waals surface area contributed by atoms with Crippen molar-refractivity contribution >= 4 is 60.8 Å².